The Kier molecular flexibility index (Phi) is 4.80. The number of halogens is 3. The first kappa shape index (κ1) is 14.3. The molecule has 1 heterocycles. The van der Waals surface area contributed by atoms with E-state index in [9.17, 15) is 18.0 Å². The average Bonchev–Trinajstić information content (AvgIpc) is 2.63. The van der Waals surface area contributed by atoms with Gasteiger partial charge < -0.3 is 9.64 Å². The molecule has 1 fully saturated rings. The molecule has 0 unspecified atom stereocenters. The Morgan fingerprint density at radius 3 is 2.65 bits per heavy atom. The number of carbonyl (C=O) groups is 1. The fourth-order valence-electron chi connectivity index (χ4n) is 1.85. The van der Waals surface area contributed by atoms with Crippen LogP contribution in [0.5, 0.6) is 0 Å². The Morgan fingerprint density at radius 1 is 1.47 bits per heavy atom. The fraction of sp³-hybridized carbons (Fsp3) is 0.909. The molecule has 1 aliphatic rings. The first-order valence-electron chi connectivity index (χ1n) is 5.75. The maximum Gasteiger partial charge on any atom is 0.389 e. The van der Waals surface area contributed by atoms with E-state index in [1.807, 2.05) is 13.8 Å². The molecule has 1 atom stereocenters. The fourth-order valence-corrected chi connectivity index (χ4v) is 1.85. The molecule has 17 heavy (non-hydrogen) atoms. The lowest BCUT2D eigenvalue weighted by molar-refractivity contribution is -0.141. The SMILES string of the molecule is CC(C)[C@H]1COCN1C(=O)CCCC(F)(F)F. The second-order valence-electron chi connectivity index (χ2n) is 4.64. The molecule has 0 aromatic heterocycles. The number of amides is 1. The normalized spacial score (nSPS) is 21.3. The Bertz CT molecular complexity index is 266. The van der Waals surface area contributed by atoms with Crippen LogP contribution < -0.4 is 0 Å². The third-order valence-corrected chi connectivity index (χ3v) is 2.86. The van der Waals surface area contributed by atoms with Gasteiger partial charge in [-0.05, 0) is 12.3 Å². The summed E-state index contributed by atoms with van der Waals surface area (Å²) in [6.45, 7) is 4.61. The van der Waals surface area contributed by atoms with Crippen LogP contribution in [0.15, 0.2) is 0 Å². The summed E-state index contributed by atoms with van der Waals surface area (Å²) in [4.78, 5) is 13.3. The molecular formula is C11H18F3NO2. The molecule has 0 spiro atoms. The molecule has 0 bridgehead atoms. The topological polar surface area (TPSA) is 29.5 Å². The third-order valence-electron chi connectivity index (χ3n) is 2.86. The number of nitrogens with zero attached hydrogens (tertiary/aromatic N) is 1. The molecule has 1 saturated heterocycles. The monoisotopic (exact) mass is 253 g/mol. The van der Waals surface area contributed by atoms with Crippen LogP contribution in [-0.2, 0) is 9.53 Å². The lowest BCUT2D eigenvalue weighted by Gasteiger charge is -2.25. The molecule has 0 radical (unpaired) electrons. The Labute approximate surface area is 98.9 Å². The van der Waals surface area contributed by atoms with Crippen molar-refractivity contribution in [1.29, 1.82) is 0 Å². The summed E-state index contributed by atoms with van der Waals surface area (Å²) in [6, 6.07) is -0.00612. The Morgan fingerprint density at radius 2 is 2.12 bits per heavy atom. The molecule has 100 valence electrons. The number of hydrogen-bond donors (Lipinski definition) is 0. The van der Waals surface area contributed by atoms with E-state index in [1.165, 1.54) is 0 Å². The Hall–Kier alpha value is -0.780. The predicted octanol–water partition coefficient (Wildman–Crippen LogP) is 2.56. The van der Waals surface area contributed by atoms with Gasteiger partial charge in [-0.3, -0.25) is 4.79 Å². The molecule has 0 aliphatic carbocycles. The van der Waals surface area contributed by atoms with E-state index in [0.29, 0.717) is 6.61 Å². The lowest BCUT2D eigenvalue weighted by Crippen LogP contribution is -2.39. The zero-order valence-electron chi connectivity index (χ0n) is 10.1. The maximum atomic E-state index is 11.9. The van der Waals surface area contributed by atoms with Gasteiger partial charge in [0.15, 0.2) is 0 Å². The van der Waals surface area contributed by atoms with Crippen molar-refractivity contribution in [1.82, 2.24) is 4.90 Å². The number of rotatable bonds is 4. The predicted molar refractivity (Wildman–Crippen MR) is 56.2 cm³/mol. The first-order chi connectivity index (χ1) is 7.81. The number of hydrogen-bond acceptors (Lipinski definition) is 2. The van der Waals surface area contributed by atoms with Crippen LogP contribution in [-0.4, -0.2) is 36.4 Å². The van der Waals surface area contributed by atoms with E-state index in [1.54, 1.807) is 4.90 Å². The minimum Gasteiger partial charge on any atom is -0.359 e. The van der Waals surface area contributed by atoms with E-state index < -0.39 is 12.6 Å². The molecule has 0 aromatic carbocycles. The number of carbonyl (C=O) groups excluding carboxylic acids is 1. The second kappa shape index (κ2) is 5.71. The summed E-state index contributed by atoms with van der Waals surface area (Å²) in [5, 5.41) is 0. The van der Waals surface area contributed by atoms with Crippen LogP contribution in [0.2, 0.25) is 0 Å². The summed E-state index contributed by atoms with van der Waals surface area (Å²) in [5.41, 5.74) is 0. The van der Waals surface area contributed by atoms with E-state index in [2.05, 4.69) is 0 Å². The minimum atomic E-state index is -4.18. The summed E-state index contributed by atoms with van der Waals surface area (Å²) in [5.74, 6) is 0.00881. The molecule has 0 saturated carbocycles. The molecule has 1 rings (SSSR count). The van der Waals surface area contributed by atoms with Crippen molar-refractivity contribution in [3.05, 3.63) is 0 Å². The smallest absolute Gasteiger partial charge is 0.359 e. The van der Waals surface area contributed by atoms with Crippen LogP contribution in [0.4, 0.5) is 13.2 Å². The number of ether oxygens (including phenoxy) is 1. The third kappa shape index (κ3) is 4.53. The van der Waals surface area contributed by atoms with Gasteiger partial charge in [0.2, 0.25) is 5.91 Å². The van der Waals surface area contributed by atoms with Crippen molar-refractivity contribution in [3.8, 4) is 0 Å². The van der Waals surface area contributed by atoms with Crippen LogP contribution in [0.3, 0.4) is 0 Å². The highest BCUT2D eigenvalue weighted by molar-refractivity contribution is 5.76. The molecule has 1 amide bonds. The van der Waals surface area contributed by atoms with Crippen molar-refractivity contribution < 1.29 is 22.7 Å². The van der Waals surface area contributed by atoms with Crippen LogP contribution in [0, 0.1) is 5.92 Å². The van der Waals surface area contributed by atoms with E-state index in [0.717, 1.165) is 0 Å². The zero-order valence-corrected chi connectivity index (χ0v) is 10.1. The van der Waals surface area contributed by atoms with Crippen molar-refractivity contribution in [2.75, 3.05) is 13.3 Å². The van der Waals surface area contributed by atoms with Gasteiger partial charge in [0, 0.05) is 12.8 Å². The summed E-state index contributed by atoms with van der Waals surface area (Å²) < 4.78 is 41.0. The van der Waals surface area contributed by atoms with E-state index >= 15 is 0 Å². The van der Waals surface area contributed by atoms with Gasteiger partial charge in [0.1, 0.15) is 6.73 Å². The first-order valence-corrected chi connectivity index (χ1v) is 5.75. The highest BCUT2D eigenvalue weighted by Crippen LogP contribution is 2.24. The van der Waals surface area contributed by atoms with Gasteiger partial charge in [-0.2, -0.15) is 13.2 Å². The molecule has 0 aromatic rings. The van der Waals surface area contributed by atoms with Crippen molar-refractivity contribution in [2.45, 2.75) is 45.3 Å². The summed E-state index contributed by atoms with van der Waals surface area (Å²) >= 11 is 0. The van der Waals surface area contributed by atoms with Gasteiger partial charge >= 0.3 is 6.18 Å². The van der Waals surface area contributed by atoms with E-state index in [4.69, 9.17) is 4.74 Å². The standard InChI is InChI=1S/C11H18F3NO2/c1-8(2)9-6-17-7-15(9)10(16)4-3-5-11(12,13)14/h8-9H,3-7H2,1-2H3/t9-/m1/s1. The molecule has 3 nitrogen and oxygen atoms in total. The van der Waals surface area contributed by atoms with Gasteiger partial charge in [-0.1, -0.05) is 13.8 Å². The largest absolute Gasteiger partial charge is 0.389 e. The van der Waals surface area contributed by atoms with Crippen LogP contribution in [0.1, 0.15) is 33.1 Å². The Balaban J connectivity index is 2.37. The highest BCUT2D eigenvalue weighted by atomic mass is 19.4. The van der Waals surface area contributed by atoms with Gasteiger partial charge in [-0.25, -0.2) is 0 Å². The molecular weight excluding hydrogens is 235 g/mol. The maximum absolute atomic E-state index is 11.9. The second-order valence-corrected chi connectivity index (χ2v) is 4.64. The quantitative estimate of drug-likeness (QED) is 0.770. The van der Waals surface area contributed by atoms with Crippen LogP contribution in [0.25, 0.3) is 0 Å². The lowest BCUT2D eigenvalue weighted by atomic mass is 10.0. The number of alkyl halides is 3. The molecule has 1 aliphatic heterocycles. The van der Waals surface area contributed by atoms with Crippen molar-refractivity contribution in [2.24, 2.45) is 5.92 Å². The molecule has 0 N–H and O–H groups in total. The summed E-state index contributed by atoms with van der Waals surface area (Å²) in [6.07, 6.45) is -5.30. The summed E-state index contributed by atoms with van der Waals surface area (Å²) in [7, 11) is 0. The van der Waals surface area contributed by atoms with Gasteiger partial charge in [0.05, 0.1) is 12.6 Å². The molecule has 6 heteroatoms. The van der Waals surface area contributed by atoms with Gasteiger partial charge in [0.25, 0.3) is 0 Å². The average molecular weight is 253 g/mol. The zero-order chi connectivity index (χ0) is 13.1. The van der Waals surface area contributed by atoms with Crippen LogP contribution >= 0.6 is 0 Å². The van der Waals surface area contributed by atoms with Crippen molar-refractivity contribution >= 4 is 5.91 Å². The van der Waals surface area contributed by atoms with Gasteiger partial charge in [-0.15, -0.1) is 0 Å². The van der Waals surface area contributed by atoms with Crippen molar-refractivity contribution in [3.63, 3.8) is 0 Å². The van der Waals surface area contributed by atoms with E-state index in [-0.39, 0.29) is 37.4 Å². The highest BCUT2D eigenvalue weighted by Gasteiger charge is 2.32. The minimum absolute atomic E-state index is 0.00612.